The Labute approximate surface area is 107 Å². The molecule has 18 heavy (non-hydrogen) atoms. The molecule has 2 atom stereocenters. The summed E-state index contributed by atoms with van der Waals surface area (Å²) in [5, 5.41) is 0. The van der Waals surface area contributed by atoms with Gasteiger partial charge in [-0.15, -0.1) is 0 Å². The van der Waals surface area contributed by atoms with Crippen molar-refractivity contribution >= 4 is 5.78 Å². The molecule has 0 bridgehead atoms. The number of halogens is 2. The van der Waals surface area contributed by atoms with Gasteiger partial charge < -0.3 is 4.74 Å². The topological polar surface area (TPSA) is 29.5 Å². The summed E-state index contributed by atoms with van der Waals surface area (Å²) >= 11 is 0. The first-order valence-corrected chi connectivity index (χ1v) is 6.53. The van der Waals surface area contributed by atoms with Crippen LogP contribution < -0.4 is 0 Å². The van der Waals surface area contributed by atoms with Gasteiger partial charge in [0.1, 0.15) is 6.61 Å². The van der Waals surface area contributed by atoms with Gasteiger partial charge in [0.15, 0.2) is 5.78 Å². The average Bonchev–Trinajstić information content (AvgIpc) is 2.68. The largest absolute Gasteiger partial charge is 0.370 e. The van der Waals surface area contributed by atoms with E-state index in [2.05, 4.69) is 4.90 Å². The molecule has 1 fully saturated rings. The van der Waals surface area contributed by atoms with E-state index in [4.69, 9.17) is 4.74 Å². The van der Waals surface area contributed by atoms with E-state index in [-0.39, 0.29) is 23.8 Å². The zero-order chi connectivity index (χ0) is 13.9. The lowest BCUT2D eigenvalue weighted by molar-refractivity contribution is -0.132. The normalized spacial score (nSPS) is 25.6. The maximum Gasteiger partial charge on any atom is 0.261 e. The fraction of sp³-hybridized carbons (Fsp3) is 0.923. The van der Waals surface area contributed by atoms with E-state index in [0.717, 1.165) is 6.54 Å². The lowest BCUT2D eigenvalue weighted by atomic mass is 9.97. The molecule has 0 N–H and O–H groups in total. The van der Waals surface area contributed by atoms with Crippen molar-refractivity contribution in [2.75, 3.05) is 13.2 Å². The SMILES string of the molecule is CC(C)C(=O)[C@@H]1[C@@H](OCC(F)F)CCN1C(C)C. The smallest absolute Gasteiger partial charge is 0.261 e. The van der Waals surface area contributed by atoms with Crippen molar-refractivity contribution in [2.45, 2.75) is 58.7 Å². The molecule has 0 amide bonds. The summed E-state index contributed by atoms with van der Waals surface area (Å²) in [7, 11) is 0. The van der Waals surface area contributed by atoms with Crippen molar-refractivity contribution in [1.29, 1.82) is 0 Å². The Morgan fingerprint density at radius 1 is 1.33 bits per heavy atom. The van der Waals surface area contributed by atoms with Crippen LogP contribution in [0.2, 0.25) is 0 Å². The monoisotopic (exact) mass is 263 g/mol. The van der Waals surface area contributed by atoms with Crippen molar-refractivity contribution in [3.8, 4) is 0 Å². The fourth-order valence-electron chi connectivity index (χ4n) is 2.43. The number of Topliss-reactive ketones (excluding diaryl/α,β-unsaturated/α-hetero) is 1. The van der Waals surface area contributed by atoms with Crippen LogP contribution in [0, 0.1) is 5.92 Å². The van der Waals surface area contributed by atoms with Crippen LogP contribution in [0.1, 0.15) is 34.1 Å². The molecule has 1 aliphatic heterocycles. The van der Waals surface area contributed by atoms with E-state index in [0.29, 0.717) is 6.42 Å². The Bertz CT molecular complexity index is 282. The number of likely N-dealkylation sites (tertiary alicyclic amines) is 1. The highest BCUT2D eigenvalue weighted by atomic mass is 19.3. The van der Waals surface area contributed by atoms with Gasteiger partial charge in [-0.3, -0.25) is 9.69 Å². The molecule has 0 spiro atoms. The second-order valence-corrected chi connectivity index (χ2v) is 5.39. The van der Waals surface area contributed by atoms with Crippen LogP contribution >= 0.6 is 0 Å². The van der Waals surface area contributed by atoms with Gasteiger partial charge in [0.2, 0.25) is 0 Å². The number of ketones is 1. The van der Waals surface area contributed by atoms with Crippen LogP contribution in [0.4, 0.5) is 8.78 Å². The third kappa shape index (κ3) is 3.72. The van der Waals surface area contributed by atoms with E-state index in [1.807, 2.05) is 27.7 Å². The minimum absolute atomic E-state index is 0.0838. The number of carbonyl (C=O) groups is 1. The van der Waals surface area contributed by atoms with E-state index >= 15 is 0 Å². The van der Waals surface area contributed by atoms with Gasteiger partial charge >= 0.3 is 0 Å². The first-order valence-electron chi connectivity index (χ1n) is 6.53. The first-order chi connectivity index (χ1) is 8.34. The van der Waals surface area contributed by atoms with Crippen molar-refractivity contribution in [3.63, 3.8) is 0 Å². The highest BCUT2D eigenvalue weighted by Gasteiger charge is 2.41. The number of rotatable bonds is 6. The predicted molar refractivity (Wildman–Crippen MR) is 65.8 cm³/mol. The van der Waals surface area contributed by atoms with Gasteiger partial charge in [-0.1, -0.05) is 13.8 Å². The summed E-state index contributed by atoms with van der Waals surface area (Å²) in [5.41, 5.74) is 0. The summed E-state index contributed by atoms with van der Waals surface area (Å²) in [5.74, 6) is -0.0209. The average molecular weight is 263 g/mol. The molecule has 1 aliphatic rings. The molecule has 0 saturated carbocycles. The first kappa shape index (κ1) is 15.5. The van der Waals surface area contributed by atoms with Gasteiger partial charge in [0.25, 0.3) is 6.43 Å². The zero-order valence-corrected chi connectivity index (χ0v) is 11.5. The number of hydrogen-bond donors (Lipinski definition) is 0. The van der Waals surface area contributed by atoms with E-state index < -0.39 is 19.1 Å². The van der Waals surface area contributed by atoms with Crippen molar-refractivity contribution in [3.05, 3.63) is 0 Å². The summed E-state index contributed by atoms with van der Waals surface area (Å²) in [6, 6.07) is -0.151. The molecular formula is C13H23F2NO2. The van der Waals surface area contributed by atoms with Crippen LogP contribution in [-0.4, -0.2) is 48.4 Å². The third-order valence-corrected chi connectivity index (χ3v) is 3.34. The molecule has 0 aromatic rings. The maximum atomic E-state index is 12.2. The number of alkyl halides is 2. The number of nitrogens with zero attached hydrogens (tertiary/aromatic N) is 1. The third-order valence-electron chi connectivity index (χ3n) is 3.34. The number of hydrogen-bond acceptors (Lipinski definition) is 3. The Kier molecular flexibility index (Phi) is 5.66. The Hall–Kier alpha value is -0.550. The highest BCUT2D eigenvalue weighted by Crippen LogP contribution is 2.26. The van der Waals surface area contributed by atoms with Crippen LogP contribution in [0.25, 0.3) is 0 Å². The van der Waals surface area contributed by atoms with Gasteiger partial charge in [-0.25, -0.2) is 8.78 Å². The minimum atomic E-state index is -2.48. The summed E-state index contributed by atoms with van der Waals surface area (Å²) in [6.45, 7) is 7.84. The number of carbonyl (C=O) groups excluding carboxylic acids is 1. The van der Waals surface area contributed by atoms with Crippen molar-refractivity contribution < 1.29 is 18.3 Å². The highest BCUT2D eigenvalue weighted by molar-refractivity contribution is 5.86. The Morgan fingerprint density at radius 2 is 1.94 bits per heavy atom. The second kappa shape index (κ2) is 6.57. The van der Waals surface area contributed by atoms with Gasteiger partial charge in [-0.05, 0) is 20.3 Å². The molecule has 0 radical (unpaired) electrons. The van der Waals surface area contributed by atoms with Crippen molar-refractivity contribution in [2.24, 2.45) is 5.92 Å². The minimum Gasteiger partial charge on any atom is -0.370 e. The zero-order valence-electron chi connectivity index (χ0n) is 11.5. The Balaban J connectivity index is 2.74. The van der Waals surface area contributed by atoms with Crippen LogP contribution in [-0.2, 0) is 9.53 Å². The molecule has 1 saturated heterocycles. The van der Waals surface area contributed by atoms with Gasteiger partial charge in [0, 0.05) is 18.5 Å². The fourth-order valence-corrected chi connectivity index (χ4v) is 2.43. The molecule has 0 aliphatic carbocycles. The molecule has 0 unspecified atom stereocenters. The lowest BCUT2D eigenvalue weighted by Gasteiger charge is -2.31. The maximum absolute atomic E-state index is 12.2. The molecule has 0 aromatic carbocycles. The van der Waals surface area contributed by atoms with Crippen LogP contribution in [0.3, 0.4) is 0 Å². The van der Waals surface area contributed by atoms with Gasteiger partial charge in [0.05, 0.1) is 12.1 Å². The predicted octanol–water partition coefficient (Wildman–Crippen LogP) is 2.34. The molecule has 3 nitrogen and oxygen atoms in total. The Morgan fingerprint density at radius 3 is 2.39 bits per heavy atom. The van der Waals surface area contributed by atoms with Crippen LogP contribution in [0.5, 0.6) is 0 Å². The molecular weight excluding hydrogens is 240 g/mol. The second-order valence-electron chi connectivity index (χ2n) is 5.39. The molecule has 106 valence electrons. The molecule has 5 heteroatoms. The van der Waals surface area contributed by atoms with E-state index in [1.165, 1.54) is 0 Å². The van der Waals surface area contributed by atoms with Gasteiger partial charge in [-0.2, -0.15) is 0 Å². The molecule has 1 rings (SSSR count). The standard InChI is InChI=1S/C13H23F2NO2/c1-8(2)13(17)12-10(18-7-11(14)15)5-6-16(12)9(3)4/h8-12H,5-7H2,1-4H3/t10-,12-/m0/s1. The van der Waals surface area contributed by atoms with E-state index in [9.17, 15) is 13.6 Å². The molecule has 1 heterocycles. The van der Waals surface area contributed by atoms with E-state index in [1.54, 1.807) is 0 Å². The summed E-state index contributed by atoms with van der Waals surface area (Å²) < 4.78 is 29.6. The molecule has 0 aromatic heterocycles. The van der Waals surface area contributed by atoms with Crippen LogP contribution in [0.15, 0.2) is 0 Å². The summed E-state index contributed by atoms with van der Waals surface area (Å²) in [4.78, 5) is 14.3. The lowest BCUT2D eigenvalue weighted by Crippen LogP contribution is -2.47. The number of ether oxygens (including phenoxy) is 1. The quantitative estimate of drug-likeness (QED) is 0.736. The summed E-state index contributed by atoms with van der Waals surface area (Å²) in [6.07, 6.45) is -2.22. The van der Waals surface area contributed by atoms with Crippen molar-refractivity contribution in [1.82, 2.24) is 4.90 Å².